The van der Waals surface area contributed by atoms with Crippen LogP contribution < -0.4 is 5.32 Å². The number of carbonyl (C=O) groups is 2. The van der Waals surface area contributed by atoms with Crippen LogP contribution in [0.3, 0.4) is 0 Å². The van der Waals surface area contributed by atoms with Gasteiger partial charge in [-0.25, -0.2) is 9.18 Å². The zero-order chi connectivity index (χ0) is 21.3. The summed E-state index contributed by atoms with van der Waals surface area (Å²) in [5.41, 5.74) is 1.10. The van der Waals surface area contributed by atoms with Gasteiger partial charge >= 0.3 is 6.03 Å². The third-order valence-electron chi connectivity index (χ3n) is 5.51. The van der Waals surface area contributed by atoms with Crippen molar-refractivity contribution in [2.24, 2.45) is 0 Å². The summed E-state index contributed by atoms with van der Waals surface area (Å²) in [5, 5.41) is 5.78. The van der Waals surface area contributed by atoms with Crippen molar-refractivity contribution in [3.05, 3.63) is 58.9 Å². The number of nitrogens with one attached hydrogen (secondary N) is 1. The molecule has 1 aliphatic rings. The molecule has 3 amide bonds. The fourth-order valence-corrected chi connectivity index (χ4v) is 4.86. The Balaban J connectivity index is 1.59. The first-order valence-corrected chi connectivity index (χ1v) is 11.0. The molecule has 1 aliphatic heterocycles. The Hall–Kier alpha value is -2.87. The molecule has 1 unspecified atom stereocenters. The summed E-state index contributed by atoms with van der Waals surface area (Å²) >= 11 is 1.54. The van der Waals surface area contributed by atoms with E-state index in [1.165, 1.54) is 6.07 Å². The molecule has 1 atom stereocenters. The Morgan fingerprint density at radius 1 is 1.23 bits per heavy atom. The van der Waals surface area contributed by atoms with Crippen molar-refractivity contribution >= 4 is 33.5 Å². The lowest BCUT2D eigenvalue weighted by Crippen LogP contribution is -2.57. The Bertz CT molecular complexity index is 1080. The lowest BCUT2D eigenvalue weighted by Gasteiger charge is -2.39. The molecule has 1 N–H and O–H groups in total. The first kappa shape index (κ1) is 20.4. The van der Waals surface area contributed by atoms with E-state index in [9.17, 15) is 14.0 Å². The van der Waals surface area contributed by atoms with Gasteiger partial charge in [0, 0.05) is 43.2 Å². The van der Waals surface area contributed by atoms with E-state index in [0.717, 1.165) is 10.2 Å². The third-order valence-corrected chi connectivity index (χ3v) is 6.46. The molecule has 3 heterocycles. The van der Waals surface area contributed by atoms with Crippen LogP contribution in [0, 0.1) is 5.82 Å². The van der Waals surface area contributed by atoms with Gasteiger partial charge in [-0.05, 0) is 37.4 Å². The summed E-state index contributed by atoms with van der Waals surface area (Å²) in [5.74, 6) is -0.365. The first-order valence-electron chi connectivity index (χ1n) is 10.1. The van der Waals surface area contributed by atoms with Crippen LogP contribution in [0.4, 0.5) is 9.18 Å². The van der Waals surface area contributed by atoms with Crippen LogP contribution >= 0.6 is 11.3 Å². The van der Waals surface area contributed by atoms with Gasteiger partial charge in [-0.1, -0.05) is 18.2 Å². The molecule has 3 aromatic rings. The van der Waals surface area contributed by atoms with E-state index < -0.39 is 0 Å². The Labute approximate surface area is 178 Å². The van der Waals surface area contributed by atoms with E-state index in [2.05, 4.69) is 5.32 Å². The number of benzene rings is 1. The molecular weight excluding hydrogens is 403 g/mol. The molecule has 0 saturated carbocycles. The molecular formula is C22H25FN4O2S. The summed E-state index contributed by atoms with van der Waals surface area (Å²) in [6.45, 7) is 6.13. The highest BCUT2D eigenvalue weighted by Gasteiger charge is 2.31. The van der Waals surface area contributed by atoms with Gasteiger partial charge in [0.1, 0.15) is 16.3 Å². The maximum Gasteiger partial charge on any atom is 0.317 e. The van der Waals surface area contributed by atoms with Gasteiger partial charge in [-0.2, -0.15) is 0 Å². The molecule has 0 aliphatic carbocycles. The number of rotatable bonds is 4. The maximum absolute atomic E-state index is 14.3. The molecule has 0 spiro atoms. The highest BCUT2D eigenvalue weighted by Crippen LogP contribution is 2.28. The lowest BCUT2D eigenvalue weighted by atomic mass is 10.1. The molecule has 158 valence electrons. The van der Waals surface area contributed by atoms with Crippen LogP contribution in [0.2, 0.25) is 0 Å². The molecule has 0 radical (unpaired) electrons. The monoisotopic (exact) mass is 428 g/mol. The minimum absolute atomic E-state index is 0.0784. The number of thiophene rings is 1. The van der Waals surface area contributed by atoms with Crippen LogP contribution in [0.1, 0.15) is 29.9 Å². The number of piperazine rings is 1. The Kier molecular flexibility index (Phi) is 5.76. The van der Waals surface area contributed by atoms with Crippen LogP contribution in [-0.4, -0.2) is 58.5 Å². The van der Waals surface area contributed by atoms with Gasteiger partial charge in [-0.3, -0.25) is 4.79 Å². The number of hydrogen-bond acceptors (Lipinski definition) is 3. The molecule has 1 aromatic carbocycles. The molecule has 1 saturated heterocycles. The zero-order valence-electron chi connectivity index (χ0n) is 17.1. The molecule has 6 nitrogen and oxygen atoms in total. The largest absolute Gasteiger partial charge is 0.338 e. The van der Waals surface area contributed by atoms with E-state index >= 15 is 0 Å². The molecule has 0 bridgehead atoms. The van der Waals surface area contributed by atoms with Crippen LogP contribution in [0.5, 0.6) is 0 Å². The second-order valence-corrected chi connectivity index (χ2v) is 8.41. The number of amides is 3. The fraction of sp³-hybridized carbons (Fsp3) is 0.364. The van der Waals surface area contributed by atoms with E-state index in [0.29, 0.717) is 44.0 Å². The number of carbonyl (C=O) groups excluding carboxylic acids is 2. The normalized spacial score (nSPS) is 16.8. The van der Waals surface area contributed by atoms with Gasteiger partial charge in [0.05, 0.1) is 6.54 Å². The van der Waals surface area contributed by atoms with Crippen molar-refractivity contribution in [1.29, 1.82) is 0 Å². The average molecular weight is 429 g/mol. The summed E-state index contributed by atoms with van der Waals surface area (Å²) in [6.07, 6.45) is 0. The van der Waals surface area contributed by atoms with Crippen molar-refractivity contribution in [2.45, 2.75) is 26.4 Å². The fourth-order valence-electron chi connectivity index (χ4n) is 3.96. The summed E-state index contributed by atoms with van der Waals surface area (Å²) in [7, 11) is 0. The third kappa shape index (κ3) is 3.79. The number of urea groups is 1. The lowest BCUT2D eigenvalue weighted by molar-refractivity contribution is 0.0571. The highest BCUT2D eigenvalue weighted by molar-refractivity contribution is 7.16. The van der Waals surface area contributed by atoms with E-state index in [-0.39, 0.29) is 23.8 Å². The van der Waals surface area contributed by atoms with Gasteiger partial charge < -0.3 is 19.7 Å². The number of aromatic nitrogens is 1. The Morgan fingerprint density at radius 2 is 2.03 bits per heavy atom. The Morgan fingerprint density at radius 3 is 2.77 bits per heavy atom. The molecule has 2 aromatic heterocycles. The predicted octanol–water partition coefficient (Wildman–Crippen LogP) is 3.77. The second-order valence-electron chi connectivity index (χ2n) is 7.52. The molecule has 30 heavy (non-hydrogen) atoms. The van der Waals surface area contributed by atoms with Crippen molar-refractivity contribution in [3.63, 3.8) is 0 Å². The zero-order valence-corrected chi connectivity index (χ0v) is 17.9. The molecule has 1 fully saturated rings. The van der Waals surface area contributed by atoms with Crippen LogP contribution in [-0.2, 0) is 6.54 Å². The van der Waals surface area contributed by atoms with Crippen LogP contribution in [0.15, 0.2) is 41.8 Å². The predicted molar refractivity (Wildman–Crippen MR) is 116 cm³/mol. The smallest absolute Gasteiger partial charge is 0.317 e. The van der Waals surface area contributed by atoms with Gasteiger partial charge in [0.15, 0.2) is 0 Å². The van der Waals surface area contributed by atoms with Gasteiger partial charge in [0.25, 0.3) is 5.91 Å². The minimum atomic E-state index is -0.279. The standard InChI is InChI=1S/C22H25FN4O2S/c1-3-24-22(29)26-10-9-25(13-15(26)2)20(28)19-12-16-8-11-30-21(16)27(19)14-17-6-4-5-7-18(17)23/h4-8,11-12,15H,3,9-10,13-14H2,1-2H3,(H,24,29). The minimum Gasteiger partial charge on any atom is -0.338 e. The van der Waals surface area contributed by atoms with E-state index in [1.54, 1.807) is 39.3 Å². The van der Waals surface area contributed by atoms with Crippen molar-refractivity contribution in [1.82, 2.24) is 19.7 Å². The quantitative estimate of drug-likeness (QED) is 0.688. The first-order chi connectivity index (χ1) is 14.5. The van der Waals surface area contributed by atoms with Crippen molar-refractivity contribution in [3.8, 4) is 0 Å². The van der Waals surface area contributed by atoms with E-state index in [4.69, 9.17) is 0 Å². The number of hydrogen-bond donors (Lipinski definition) is 1. The second kappa shape index (κ2) is 8.47. The van der Waals surface area contributed by atoms with Crippen LogP contribution in [0.25, 0.3) is 10.2 Å². The number of fused-ring (bicyclic) bond motifs is 1. The summed E-state index contributed by atoms with van der Waals surface area (Å²) < 4.78 is 16.2. The molecule has 8 heteroatoms. The summed E-state index contributed by atoms with van der Waals surface area (Å²) in [4.78, 5) is 30.1. The van der Waals surface area contributed by atoms with Gasteiger partial charge in [0.2, 0.25) is 0 Å². The van der Waals surface area contributed by atoms with Crippen molar-refractivity contribution < 1.29 is 14.0 Å². The summed E-state index contributed by atoms with van der Waals surface area (Å²) in [6, 6.07) is 10.3. The SMILES string of the molecule is CCNC(=O)N1CCN(C(=O)c2cc3ccsc3n2Cc2ccccc2F)CC1C. The number of nitrogens with zero attached hydrogens (tertiary/aromatic N) is 3. The highest BCUT2D eigenvalue weighted by atomic mass is 32.1. The average Bonchev–Trinajstić information content (AvgIpc) is 3.31. The van der Waals surface area contributed by atoms with Gasteiger partial charge in [-0.15, -0.1) is 11.3 Å². The van der Waals surface area contributed by atoms with Crippen molar-refractivity contribution in [2.75, 3.05) is 26.2 Å². The topological polar surface area (TPSA) is 57.6 Å². The number of halogens is 1. The maximum atomic E-state index is 14.3. The van der Waals surface area contributed by atoms with E-state index in [1.807, 2.05) is 35.9 Å². The molecule has 4 rings (SSSR count).